The summed E-state index contributed by atoms with van der Waals surface area (Å²) in [4.78, 5) is 26.2. The van der Waals surface area contributed by atoms with Crippen molar-refractivity contribution in [3.05, 3.63) is 58.8 Å². The Kier molecular flexibility index (Phi) is 19.7. The summed E-state index contributed by atoms with van der Waals surface area (Å²) in [6, 6.07) is 5.50. The highest BCUT2D eigenvalue weighted by Crippen LogP contribution is 2.44. The van der Waals surface area contributed by atoms with Crippen LogP contribution >= 0.6 is 0 Å². The van der Waals surface area contributed by atoms with Crippen molar-refractivity contribution in [3.63, 3.8) is 0 Å². The van der Waals surface area contributed by atoms with E-state index in [1.807, 2.05) is 17.9 Å². The molecule has 1 aromatic carbocycles. The molecule has 1 saturated carbocycles. The minimum absolute atomic E-state index is 0. The van der Waals surface area contributed by atoms with E-state index in [2.05, 4.69) is 18.7 Å². The summed E-state index contributed by atoms with van der Waals surface area (Å²) in [5.41, 5.74) is 2.54. The van der Waals surface area contributed by atoms with Crippen LogP contribution in [-0.4, -0.2) is 98.2 Å². The average Bonchev–Trinajstić information content (AvgIpc) is 3.03. The van der Waals surface area contributed by atoms with Gasteiger partial charge in [-0.15, -0.1) is 0 Å². The van der Waals surface area contributed by atoms with Crippen LogP contribution in [0, 0.1) is 0 Å². The number of allylic oxidation sites excluding steroid dienone is 4. The van der Waals surface area contributed by atoms with Gasteiger partial charge >= 0.3 is 11.6 Å². The van der Waals surface area contributed by atoms with E-state index in [4.69, 9.17) is 4.55 Å². The number of aromatic hydroxyl groups is 1. The van der Waals surface area contributed by atoms with Gasteiger partial charge in [-0.2, -0.15) is 8.42 Å². The Morgan fingerprint density at radius 3 is 1.82 bits per heavy atom. The van der Waals surface area contributed by atoms with Gasteiger partial charge in [-0.3, -0.25) is 14.1 Å². The normalized spacial score (nSPS) is 18.8. The minimum Gasteiger partial charge on any atom is -0.870 e. The number of hydrogen-bond acceptors (Lipinski definition) is 8. The zero-order valence-corrected chi connectivity index (χ0v) is 30.4. The molecule has 0 saturated heterocycles. The van der Waals surface area contributed by atoms with E-state index >= 15 is 0 Å². The summed E-state index contributed by atoms with van der Waals surface area (Å²) in [6.07, 6.45) is 18.6. The number of aliphatic hydroxyl groups excluding tert-OH is 1. The topological polar surface area (TPSA) is 204 Å². The van der Waals surface area contributed by atoms with E-state index in [-0.39, 0.29) is 46.0 Å². The zero-order valence-electron chi connectivity index (χ0n) is 29.6. The van der Waals surface area contributed by atoms with Crippen LogP contribution in [0.3, 0.4) is 0 Å². The molecular weight excluding hydrogens is 648 g/mol. The number of rotatable bonds is 22. The number of anilines is 1. The molecule has 3 rings (SSSR count). The predicted molar refractivity (Wildman–Crippen MR) is 196 cm³/mol. The lowest BCUT2D eigenvalue weighted by molar-refractivity contribution is 0.178. The third kappa shape index (κ3) is 13.0. The van der Waals surface area contributed by atoms with Gasteiger partial charge in [0.1, 0.15) is 17.8 Å². The van der Waals surface area contributed by atoms with Crippen LogP contribution in [0.4, 0.5) is 5.69 Å². The molecule has 1 aromatic rings. The fourth-order valence-electron chi connectivity index (χ4n) is 6.53. The van der Waals surface area contributed by atoms with Crippen LogP contribution in [0.15, 0.2) is 53.3 Å². The van der Waals surface area contributed by atoms with Gasteiger partial charge in [-0.25, -0.2) is 0 Å². The van der Waals surface area contributed by atoms with Crippen molar-refractivity contribution in [1.29, 1.82) is 0 Å². The Bertz CT molecular complexity index is 1390. The van der Waals surface area contributed by atoms with Gasteiger partial charge in [-0.05, 0) is 44.4 Å². The summed E-state index contributed by atoms with van der Waals surface area (Å²) in [6.45, 7) is 9.10. The van der Waals surface area contributed by atoms with Crippen LogP contribution in [0.5, 0.6) is 5.75 Å². The van der Waals surface area contributed by atoms with Crippen molar-refractivity contribution in [2.24, 2.45) is 0 Å². The van der Waals surface area contributed by atoms with Crippen molar-refractivity contribution in [1.82, 2.24) is 4.90 Å². The van der Waals surface area contributed by atoms with Crippen LogP contribution in [0.1, 0.15) is 116 Å². The number of nitrogens with zero attached hydrogens (tertiary/aromatic N) is 2. The van der Waals surface area contributed by atoms with Gasteiger partial charge in [-0.1, -0.05) is 84.1 Å². The zero-order chi connectivity index (χ0) is 34.4. The average molecular weight is 709 g/mol. The SMILES string of the molecule is CCCCCCCCN(CCCCCCCC)c1ccc(C2C(=[OH+])C(=C3C=CC(N(CC)CCCS(=O)(=O)O)=CC3=[OH+])C2O)c(O)c1.[OH-].[OH-]. The monoisotopic (exact) mass is 708 g/mol. The van der Waals surface area contributed by atoms with Crippen molar-refractivity contribution < 1.29 is 43.7 Å². The molecule has 278 valence electrons. The Hall–Kier alpha value is -3.03. The van der Waals surface area contributed by atoms with Gasteiger partial charge in [0.2, 0.25) is 0 Å². The number of phenolic OH excluding ortho intramolecular Hbond substituents is 1. The molecule has 2 unspecified atom stereocenters. The highest BCUT2D eigenvalue weighted by molar-refractivity contribution is 7.85. The Labute approximate surface area is 293 Å². The highest BCUT2D eigenvalue weighted by atomic mass is 32.2. The molecule has 2 atom stereocenters. The Balaban J connectivity index is 0.00000600. The molecule has 0 radical (unpaired) electrons. The second-order valence-corrected chi connectivity index (χ2v) is 14.5. The van der Waals surface area contributed by atoms with E-state index in [0.717, 1.165) is 31.6 Å². The standard InChI is InChI=1S/C37H56N2O7S.2H2O/c1-4-7-9-11-13-15-22-39(23-16-14-12-10-8-5-2)29-19-21-31(33(41)27-29)35-36(42)34(37(35)43)30-20-18-28(26-32(30)40)38(6-3)24-17-25-47(44,45)46;;/h18-21,26-27,35-36,41-42H,4-17,22-25H2,1-3H3,(H,44,45,46);2*1H2. The maximum Gasteiger partial charge on any atom is 0.349 e. The number of ketones is 2. The van der Waals surface area contributed by atoms with Gasteiger partial charge < -0.3 is 31.0 Å². The fourth-order valence-corrected chi connectivity index (χ4v) is 7.03. The smallest absolute Gasteiger partial charge is 0.349 e. The van der Waals surface area contributed by atoms with E-state index < -0.39 is 22.1 Å². The van der Waals surface area contributed by atoms with E-state index in [1.165, 1.54) is 70.3 Å². The molecule has 0 aromatic heterocycles. The summed E-state index contributed by atoms with van der Waals surface area (Å²) < 4.78 is 31.2. The first kappa shape index (κ1) is 44.0. The molecule has 7 N–H and O–H groups in total. The number of carbonyl (C=O) groups excluding carboxylic acids is 2. The molecule has 11 nitrogen and oxygen atoms in total. The number of unbranched alkanes of at least 4 members (excludes halogenated alkanes) is 10. The summed E-state index contributed by atoms with van der Waals surface area (Å²) >= 11 is 0. The third-order valence-corrected chi connectivity index (χ3v) is 10.1. The summed E-state index contributed by atoms with van der Waals surface area (Å²) in [5.74, 6) is -1.37. The van der Waals surface area contributed by atoms with Crippen molar-refractivity contribution in [2.75, 3.05) is 36.8 Å². The van der Waals surface area contributed by atoms with E-state index in [9.17, 15) is 28.2 Å². The van der Waals surface area contributed by atoms with Crippen molar-refractivity contribution >= 4 is 27.4 Å². The first-order valence-corrected chi connectivity index (χ1v) is 19.4. The molecule has 0 amide bonds. The molecule has 12 heteroatoms. The largest absolute Gasteiger partial charge is 0.870 e. The molecule has 0 spiro atoms. The summed E-state index contributed by atoms with van der Waals surface area (Å²) in [7, 11) is -4.06. The van der Waals surface area contributed by atoms with Crippen LogP contribution in [0.25, 0.3) is 0 Å². The van der Waals surface area contributed by atoms with Crippen molar-refractivity contribution in [3.8, 4) is 5.75 Å². The molecule has 0 heterocycles. The van der Waals surface area contributed by atoms with Gasteiger partial charge in [0.05, 0.1) is 23.0 Å². The minimum atomic E-state index is -4.06. The Morgan fingerprint density at radius 2 is 1.33 bits per heavy atom. The molecule has 2 aliphatic rings. The number of hydrogen-bond donors (Lipinski definition) is 3. The number of aliphatic hydroxyl groups is 1. The fraction of sp³-hybridized carbons (Fsp3) is 0.622. The van der Waals surface area contributed by atoms with Crippen LogP contribution in [0.2, 0.25) is 0 Å². The lowest BCUT2D eigenvalue weighted by Gasteiger charge is -2.32. The molecule has 2 aliphatic carbocycles. The number of benzene rings is 1. The van der Waals surface area contributed by atoms with Crippen molar-refractivity contribution in [2.45, 2.75) is 116 Å². The third-order valence-electron chi connectivity index (χ3n) is 9.31. The first-order valence-electron chi connectivity index (χ1n) is 17.7. The molecule has 0 aliphatic heterocycles. The van der Waals surface area contributed by atoms with E-state index in [1.54, 1.807) is 24.3 Å². The summed E-state index contributed by atoms with van der Waals surface area (Å²) in [5, 5.41) is 22.3. The van der Waals surface area contributed by atoms with Gasteiger partial charge in [0.15, 0.2) is 0 Å². The van der Waals surface area contributed by atoms with Gasteiger partial charge in [0.25, 0.3) is 10.1 Å². The second-order valence-electron chi connectivity index (χ2n) is 12.9. The molecule has 1 fully saturated rings. The quantitative estimate of drug-likeness (QED) is 0.0522. The van der Waals surface area contributed by atoms with Gasteiger partial charge in [0, 0.05) is 49.2 Å². The molecular formula is C37H60N2O9S. The highest BCUT2D eigenvalue weighted by Gasteiger charge is 2.54. The van der Waals surface area contributed by atoms with Crippen LogP contribution < -0.4 is 4.90 Å². The second kappa shape index (κ2) is 21.9. The predicted octanol–water partition coefficient (Wildman–Crippen LogP) is 6.46. The maximum absolute atomic E-state index is 11.2. The lowest BCUT2D eigenvalue weighted by atomic mass is 9.68. The van der Waals surface area contributed by atoms with E-state index in [0.29, 0.717) is 29.9 Å². The Morgan fingerprint density at radius 1 is 0.776 bits per heavy atom. The lowest BCUT2D eigenvalue weighted by Crippen LogP contribution is -2.45. The number of likely N-dealkylation sites (N-methyl/N-ethyl adjacent to an activating group) is 1. The molecule has 0 bridgehead atoms. The molecule has 49 heavy (non-hydrogen) atoms. The first-order chi connectivity index (χ1) is 22.5. The maximum atomic E-state index is 11.2. The number of phenols is 1. The van der Waals surface area contributed by atoms with Crippen LogP contribution in [-0.2, 0) is 10.1 Å².